The molecule has 1 saturated heterocycles. The molecule has 0 unspecified atom stereocenters. The monoisotopic (exact) mass is 489 g/mol. The Morgan fingerprint density at radius 1 is 1.06 bits per heavy atom. The Labute approximate surface area is 202 Å². The molecular formula is C23H31N5O7. The Morgan fingerprint density at radius 3 is 2.34 bits per heavy atom. The van der Waals surface area contributed by atoms with Crippen LogP contribution in [0.25, 0.3) is 0 Å². The molecule has 0 aromatic heterocycles. The van der Waals surface area contributed by atoms with Crippen LogP contribution in [0.1, 0.15) is 38.2 Å². The topological polar surface area (TPSA) is 177 Å². The summed E-state index contributed by atoms with van der Waals surface area (Å²) in [6.07, 6.45) is -0.0245. The molecule has 0 radical (unpaired) electrons. The van der Waals surface area contributed by atoms with Crippen molar-refractivity contribution in [3.8, 4) is 0 Å². The number of nitrogens with two attached hydrogens (primary N) is 1. The maximum atomic E-state index is 13.0. The number of likely N-dealkylation sites (tertiary alicyclic amines) is 1. The van der Waals surface area contributed by atoms with Gasteiger partial charge in [-0.05, 0) is 18.4 Å². The standard InChI is InChI=1S/C23H31N5O7/c1-14(29)26-17(11-19(24)30)23(34)28-10-6-9-18(28)22(33)27-16(21(32)25-2)12-20(31)35-13-15-7-4-3-5-8-15/h3-5,7-8,16-18H,6,9-13H2,1-2H3,(H2,24,30)(H,25,32)(H,26,29)(H,27,33)/t16-,17-,18-/m0/s1. The summed E-state index contributed by atoms with van der Waals surface area (Å²) in [5.41, 5.74) is 5.96. The van der Waals surface area contributed by atoms with Gasteiger partial charge in [-0.15, -0.1) is 0 Å². The molecule has 1 aromatic rings. The molecular weight excluding hydrogens is 458 g/mol. The molecule has 0 aliphatic carbocycles. The third-order valence-corrected chi connectivity index (χ3v) is 5.41. The molecule has 35 heavy (non-hydrogen) atoms. The normalized spacial score (nSPS) is 16.5. The highest BCUT2D eigenvalue weighted by Crippen LogP contribution is 2.20. The zero-order valence-corrected chi connectivity index (χ0v) is 19.7. The van der Waals surface area contributed by atoms with Crippen LogP contribution in [0.5, 0.6) is 0 Å². The smallest absolute Gasteiger partial charge is 0.308 e. The van der Waals surface area contributed by atoms with Gasteiger partial charge in [-0.2, -0.15) is 0 Å². The molecule has 3 atom stereocenters. The van der Waals surface area contributed by atoms with Crippen molar-refractivity contribution in [1.29, 1.82) is 0 Å². The summed E-state index contributed by atoms with van der Waals surface area (Å²) in [5, 5.41) is 7.30. The number of benzene rings is 1. The summed E-state index contributed by atoms with van der Waals surface area (Å²) >= 11 is 0. The second kappa shape index (κ2) is 13.1. The van der Waals surface area contributed by atoms with Gasteiger partial charge in [-0.25, -0.2) is 0 Å². The lowest BCUT2D eigenvalue weighted by atomic mass is 10.1. The molecule has 1 aromatic carbocycles. The Balaban J connectivity index is 2.05. The van der Waals surface area contributed by atoms with Crippen LogP contribution in [-0.2, 0) is 40.1 Å². The summed E-state index contributed by atoms with van der Waals surface area (Å²) in [6.45, 7) is 1.43. The maximum Gasteiger partial charge on any atom is 0.308 e. The molecule has 1 aliphatic heterocycles. The number of amides is 5. The third kappa shape index (κ3) is 8.40. The van der Waals surface area contributed by atoms with Gasteiger partial charge in [0.1, 0.15) is 24.7 Å². The van der Waals surface area contributed by atoms with Crippen molar-refractivity contribution in [1.82, 2.24) is 20.9 Å². The second-order valence-corrected chi connectivity index (χ2v) is 8.14. The van der Waals surface area contributed by atoms with E-state index in [1.807, 2.05) is 6.07 Å². The van der Waals surface area contributed by atoms with Gasteiger partial charge in [0.15, 0.2) is 0 Å². The second-order valence-electron chi connectivity index (χ2n) is 8.14. The Morgan fingerprint density at radius 2 is 1.74 bits per heavy atom. The van der Waals surface area contributed by atoms with Crippen molar-refractivity contribution >= 4 is 35.5 Å². The number of hydrogen-bond acceptors (Lipinski definition) is 7. The lowest BCUT2D eigenvalue weighted by Crippen LogP contribution is -2.56. The molecule has 1 heterocycles. The highest BCUT2D eigenvalue weighted by molar-refractivity contribution is 5.96. The number of rotatable bonds is 11. The Bertz CT molecular complexity index is 937. The van der Waals surface area contributed by atoms with Crippen LogP contribution in [0.4, 0.5) is 0 Å². The van der Waals surface area contributed by atoms with Crippen LogP contribution in [0, 0.1) is 0 Å². The Hall–Kier alpha value is -3.96. The van der Waals surface area contributed by atoms with Crippen molar-refractivity contribution in [3.63, 3.8) is 0 Å². The molecule has 0 saturated carbocycles. The number of esters is 1. The van der Waals surface area contributed by atoms with E-state index in [0.717, 1.165) is 5.56 Å². The van der Waals surface area contributed by atoms with Crippen LogP contribution in [0.15, 0.2) is 30.3 Å². The fourth-order valence-electron chi connectivity index (χ4n) is 3.76. The fourth-order valence-corrected chi connectivity index (χ4v) is 3.76. The minimum Gasteiger partial charge on any atom is -0.461 e. The lowest BCUT2D eigenvalue weighted by molar-refractivity contribution is -0.148. The van der Waals surface area contributed by atoms with E-state index in [4.69, 9.17) is 10.5 Å². The zero-order chi connectivity index (χ0) is 26.0. The van der Waals surface area contributed by atoms with E-state index in [-0.39, 0.29) is 13.2 Å². The molecule has 1 fully saturated rings. The van der Waals surface area contributed by atoms with Crippen molar-refractivity contribution in [2.75, 3.05) is 13.6 Å². The average Bonchev–Trinajstić information content (AvgIpc) is 3.31. The average molecular weight is 490 g/mol. The number of carbonyl (C=O) groups excluding carboxylic acids is 6. The number of nitrogens with zero attached hydrogens (tertiary/aromatic N) is 1. The van der Waals surface area contributed by atoms with Gasteiger partial charge in [0, 0.05) is 20.5 Å². The fraction of sp³-hybridized carbons (Fsp3) is 0.478. The van der Waals surface area contributed by atoms with Gasteiger partial charge >= 0.3 is 5.97 Å². The van der Waals surface area contributed by atoms with Crippen LogP contribution in [-0.4, -0.2) is 72.1 Å². The summed E-state index contributed by atoms with van der Waals surface area (Å²) in [5.74, 6) is -3.87. The van der Waals surface area contributed by atoms with E-state index in [9.17, 15) is 28.8 Å². The van der Waals surface area contributed by atoms with Crippen molar-refractivity contribution in [2.45, 2.75) is 57.3 Å². The number of primary amides is 1. The van der Waals surface area contributed by atoms with E-state index in [1.165, 1.54) is 18.9 Å². The number of nitrogens with one attached hydrogen (secondary N) is 3. The van der Waals surface area contributed by atoms with Crippen LogP contribution >= 0.6 is 0 Å². The largest absolute Gasteiger partial charge is 0.461 e. The Kier molecular flexibility index (Phi) is 10.2. The predicted octanol–water partition coefficient (Wildman–Crippen LogP) is -1.28. The molecule has 190 valence electrons. The predicted molar refractivity (Wildman–Crippen MR) is 123 cm³/mol. The van der Waals surface area contributed by atoms with Crippen LogP contribution < -0.4 is 21.7 Å². The van der Waals surface area contributed by atoms with E-state index in [2.05, 4.69) is 16.0 Å². The van der Waals surface area contributed by atoms with Crippen molar-refractivity contribution in [2.24, 2.45) is 5.73 Å². The molecule has 12 nitrogen and oxygen atoms in total. The summed E-state index contributed by atoms with van der Waals surface area (Å²) in [4.78, 5) is 74.7. The molecule has 0 spiro atoms. The first-order valence-electron chi connectivity index (χ1n) is 11.2. The van der Waals surface area contributed by atoms with Gasteiger partial charge in [-0.1, -0.05) is 30.3 Å². The van der Waals surface area contributed by atoms with Gasteiger partial charge in [0.25, 0.3) is 0 Å². The summed E-state index contributed by atoms with van der Waals surface area (Å²) < 4.78 is 5.21. The molecule has 1 aliphatic rings. The SMILES string of the molecule is CNC(=O)[C@H](CC(=O)OCc1ccccc1)NC(=O)[C@@H]1CCCN1C(=O)[C@H](CC(N)=O)NC(C)=O. The van der Waals surface area contributed by atoms with Crippen molar-refractivity contribution < 1.29 is 33.5 Å². The summed E-state index contributed by atoms with van der Waals surface area (Å²) in [6, 6.07) is 5.61. The first-order chi connectivity index (χ1) is 16.6. The molecule has 2 rings (SSSR count). The first kappa shape index (κ1) is 27.3. The van der Waals surface area contributed by atoms with Gasteiger partial charge in [0.2, 0.25) is 29.5 Å². The highest BCUT2D eigenvalue weighted by atomic mass is 16.5. The van der Waals surface area contributed by atoms with E-state index in [0.29, 0.717) is 12.8 Å². The van der Waals surface area contributed by atoms with E-state index in [1.54, 1.807) is 24.3 Å². The number of hydrogen-bond donors (Lipinski definition) is 4. The van der Waals surface area contributed by atoms with E-state index >= 15 is 0 Å². The van der Waals surface area contributed by atoms with Gasteiger partial charge < -0.3 is 31.3 Å². The van der Waals surface area contributed by atoms with Gasteiger partial charge in [-0.3, -0.25) is 28.8 Å². The molecule has 12 heteroatoms. The molecule has 0 bridgehead atoms. The summed E-state index contributed by atoms with van der Waals surface area (Å²) in [7, 11) is 1.37. The highest BCUT2D eigenvalue weighted by Gasteiger charge is 2.39. The molecule has 5 amide bonds. The van der Waals surface area contributed by atoms with Crippen molar-refractivity contribution in [3.05, 3.63) is 35.9 Å². The number of ether oxygens (including phenoxy) is 1. The third-order valence-electron chi connectivity index (χ3n) is 5.41. The van der Waals surface area contributed by atoms with Crippen LogP contribution in [0.3, 0.4) is 0 Å². The number of carbonyl (C=O) groups is 6. The quantitative estimate of drug-likeness (QED) is 0.280. The van der Waals surface area contributed by atoms with E-state index < -0.39 is 66.5 Å². The maximum absolute atomic E-state index is 13.0. The zero-order valence-electron chi connectivity index (χ0n) is 19.7. The first-order valence-corrected chi connectivity index (χ1v) is 11.2. The van der Waals surface area contributed by atoms with Gasteiger partial charge in [0.05, 0.1) is 12.8 Å². The number of likely N-dealkylation sites (N-methyl/N-ethyl adjacent to an activating group) is 1. The minimum absolute atomic E-state index is 0.0173. The minimum atomic E-state index is -1.22. The molecule has 5 N–H and O–H groups in total. The van der Waals surface area contributed by atoms with Crippen LogP contribution in [0.2, 0.25) is 0 Å². The lowest BCUT2D eigenvalue weighted by Gasteiger charge is -2.29.